The molecule has 0 bridgehead atoms. The second kappa shape index (κ2) is 4.83. The van der Waals surface area contributed by atoms with Gasteiger partial charge in [-0.05, 0) is 43.6 Å². The maximum absolute atomic E-state index is 2.34. The largest absolute Gasteiger partial charge is 0.0648 e. The van der Waals surface area contributed by atoms with E-state index in [9.17, 15) is 0 Å². The van der Waals surface area contributed by atoms with Crippen LogP contribution in [0.3, 0.4) is 0 Å². The number of hydrogen-bond acceptors (Lipinski definition) is 0. The van der Waals surface area contributed by atoms with Crippen LogP contribution in [-0.4, -0.2) is 0 Å². The zero-order valence-electron chi connectivity index (χ0n) is 10.00. The maximum Gasteiger partial charge on any atom is -0.0136 e. The first-order valence-corrected chi connectivity index (χ1v) is 6.38. The second-order valence-electron chi connectivity index (χ2n) is 4.97. The monoisotopic (exact) mass is 202 g/mol. The molecule has 0 heteroatoms. The number of aryl methyl sites for hydroxylation is 1. The molecule has 1 aliphatic rings. The van der Waals surface area contributed by atoms with Crippen LogP contribution in [0.5, 0.6) is 0 Å². The smallest absolute Gasteiger partial charge is 0.0136 e. The highest BCUT2D eigenvalue weighted by Gasteiger charge is 2.24. The Morgan fingerprint density at radius 2 is 1.73 bits per heavy atom. The topological polar surface area (TPSA) is 0 Å². The van der Waals surface area contributed by atoms with E-state index in [1.807, 2.05) is 0 Å². The van der Waals surface area contributed by atoms with Gasteiger partial charge in [-0.15, -0.1) is 0 Å². The lowest BCUT2D eigenvalue weighted by Crippen LogP contribution is -2.08. The lowest BCUT2D eigenvalue weighted by molar-refractivity contribution is 0.424. The summed E-state index contributed by atoms with van der Waals surface area (Å²) in [5.74, 6) is 1.77. The molecule has 0 aromatic heterocycles. The molecular weight excluding hydrogens is 180 g/mol. The molecule has 1 unspecified atom stereocenters. The number of benzene rings is 1. The fraction of sp³-hybridized carbons (Fsp3) is 0.600. The lowest BCUT2D eigenvalue weighted by atomic mass is 9.83. The van der Waals surface area contributed by atoms with E-state index in [1.54, 1.807) is 5.56 Å². The third-order valence-electron chi connectivity index (χ3n) is 3.91. The first kappa shape index (κ1) is 10.7. The molecule has 0 aliphatic heterocycles. The van der Waals surface area contributed by atoms with Crippen LogP contribution in [-0.2, 0) is 0 Å². The van der Waals surface area contributed by atoms with E-state index in [0.29, 0.717) is 0 Å². The summed E-state index contributed by atoms with van der Waals surface area (Å²) >= 11 is 0. The molecule has 0 radical (unpaired) electrons. The van der Waals surface area contributed by atoms with Crippen LogP contribution in [0.15, 0.2) is 24.3 Å². The molecule has 1 aliphatic carbocycles. The Labute approximate surface area is 93.7 Å². The third kappa shape index (κ3) is 2.42. The minimum absolute atomic E-state index is 0.813. The van der Waals surface area contributed by atoms with E-state index in [-0.39, 0.29) is 0 Å². The summed E-state index contributed by atoms with van der Waals surface area (Å²) < 4.78 is 0. The molecule has 0 spiro atoms. The van der Waals surface area contributed by atoms with Gasteiger partial charge < -0.3 is 0 Å². The van der Waals surface area contributed by atoms with E-state index < -0.39 is 0 Å². The molecule has 0 heterocycles. The van der Waals surface area contributed by atoms with Crippen molar-refractivity contribution in [2.45, 2.75) is 51.9 Å². The molecule has 1 atom stereocenters. The molecule has 1 aromatic rings. The highest BCUT2D eigenvalue weighted by atomic mass is 14.3. The first-order chi connectivity index (χ1) is 7.31. The fourth-order valence-electron chi connectivity index (χ4n) is 3.01. The van der Waals surface area contributed by atoms with Crippen molar-refractivity contribution in [3.63, 3.8) is 0 Å². The minimum Gasteiger partial charge on any atom is -0.0648 e. The Bertz CT molecular complexity index is 290. The van der Waals surface area contributed by atoms with Gasteiger partial charge in [0.25, 0.3) is 0 Å². The summed E-state index contributed by atoms with van der Waals surface area (Å²) in [6.07, 6.45) is 7.10. The Morgan fingerprint density at radius 3 is 2.27 bits per heavy atom. The average Bonchev–Trinajstić information content (AvgIpc) is 2.75. The molecule has 15 heavy (non-hydrogen) atoms. The Kier molecular flexibility index (Phi) is 3.45. The van der Waals surface area contributed by atoms with Crippen LogP contribution < -0.4 is 0 Å². The second-order valence-corrected chi connectivity index (χ2v) is 4.97. The lowest BCUT2D eigenvalue weighted by Gasteiger charge is -2.22. The predicted octanol–water partition coefficient (Wildman–Crippen LogP) is 4.68. The molecule has 0 N–H and O–H groups in total. The zero-order chi connectivity index (χ0) is 10.7. The minimum atomic E-state index is 0.813. The average molecular weight is 202 g/mol. The van der Waals surface area contributed by atoms with Crippen LogP contribution in [0.2, 0.25) is 0 Å². The first-order valence-electron chi connectivity index (χ1n) is 6.38. The van der Waals surface area contributed by atoms with Crippen LogP contribution in [0.1, 0.15) is 56.1 Å². The molecule has 1 fully saturated rings. The van der Waals surface area contributed by atoms with Crippen LogP contribution in [0, 0.1) is 12.8 Å². The normalized spacial score (nSPS) is 19.3. The zero-order valence-corrected chi connectivity index (χ0v) is 10.00. The van der Waals surface area contributed by atoms with Gasteiger partial charge in [-0.1, -0.05) is 49.6 Å². The molecule has 0 saturated heterocycles. The maximum atomic E-state index is 2.34. The molecule has 0 nitrogen and oxygen atoms in total. The molecule has 82 valence electrons. The summed E-state index contributed by atoms with van der Waals surface area (Å²) in [6.45, 7) is 4.50. The van der Waals surface area contributed by atoms with E-state index in [0.717, 1.165) is 11.8 Å². The van der Waals surface area contributed by atoms with Gasteiger partial charge in [-0.3, -0.25) is 0 Å². The quantitative estimate of drug-likeness (QED) is 0.667. The van der Waals surface area contributed by atoms with Crippen LogP contribution >= 0.6 is 0 Å². The van der Waals surface area contributed by atoms with Crippen molar-refractivity contribution in [1.82, 2.24) is 0 Å². The van der Waals surface area contributed by atoms with Crippen molar-refractivity contribution in [2.75, 3.05) is 0 Å². The molecule has 2 rings (SSSR count). The summed E-state index contributed by atoms with van der Waals surface area (Å²) in [5, 5.41) is 0. The molecule has 1 saturated carbocycles. The Hall–Kier alpha value is -0.780. The van der Waals surface area contributed by atoms with Gasteiger partial charge in [-0.25, -0.2) is 0 Å². The molecular formula is C15H22. The molecule has 0 amide bonds. The summed E-state index contributed by atoms with van der Waals surface area (Å²) in [7, 11) is 0. The van der Waals surface area contributed by atoms with Crippen LogP contribution in [0.25, 0.3) is 0 Å². The standard InChI is InChI=1S/C15H22/c1-3-15(13-6-4-5-7-13)14-10-8-12(2)9-11-14/h8-11,13,15H,3-7H2,1-2H3. The van der Waals surface area contributed by atoms with E-state index >= 15 is 0 Å². The van der Waals surface area contributed by atoms with Crippen molar-refractivity contribution in [2.24, 2.45) is 5.92 Å². The Balaban J connectivity index is 2.14. The van der Waals surface area contributed by atoms with Gasteiger partial charge in [0.1, 0.15) is 0 Å². The summed E-state index contributed by atoms with van der Waals surface area (Å²) in [6, 6.07) is 9.18. The third-order valence-corrected chi connectivity index (χ3v) is 3.91. The number of rotatable bonds is 3. The fourth-order valence-corrected chi connectivity index (χ4v) is 3.01. The van der Waals surface area contributed by atoms with Crippen LogP contribution in [0.4, 0.5) is 0 Å². The van der Waals surface area contributed by atoms with Crippen molar-refractivity contribution >= 4 is 0 Å². The van der Waals surface area contributed by atoms with Gasteiger partial charge in [0.05, 0.1) is 0 Å². The van der Waals surface area contributed by atoms with Gasteiger partial charge >= 0.3 is 0 Å². The van der Waals surface area contributed by atoms with Gasteiger partial charge in [0.15, 0.2) is 0 Å². The van der Waals surface area contributed by atoms with Gasteiger partial charge in [0.2, 0.25) is 0 Å². The van der Waals surface area contributed by atoms with Crippen molar-refractivity contribution in [3.8, 4) is 0 Å². The van der Waals surface area contributed by atoms with Gasteiger partial charge in [0, 0.05) is 0 Å². The van der Waals surface area contributed by atoms with Crippen molar-refractivity contribution < 1.29 is 0 Å². The highest BCUT2D eigenvalue weighted by molar-refractivity contribution is 5.25. The van der Waals surface area contributed by atoms with Gasteiger partial charge in [-0.2, -0.15) is 0 Å². The SMILES string of the molecule is CCC(c1ccc(C)cc1)C1CCCC1. The van der Waals surface area contributed by atoms with E-state index in [1.165, 1.54) is 37.7 Å². The van der Waals surface area contributed by atoms with E-state index in [4.69, 9.17) is 0 Å². The Morgan fingerprint density at radius 1 is 1.13 bits per heavy atom. The molecule has 1 aromatic carbocycles. The summed E-state index contributed by atoms with van der Waals surface area (Å²) in [5.41, 5.74) is 2.94. The predicted molar refractivity (Wildman–Crippen MR) is 66.2 cm³/mol. The van der Waals surface area contributed by atoms with Crippen molar-refractivity contribution in [1.29, 1.82) is 0 Å². The highest BCUT2D eigenvalue weighted by Crippen LogP contribution is 2.39. The van der Waals surface area contributed by atoms with Crippen molar-refractivity contribution in [3.05, 3.63) is 35.4 Å². The number of hydrogen-bond donors (Lipinski definition) is 0. The summed E-state index contributed by atoms with van der Waals surface area (Å²) in [4.78, 5) is 0. The van der Waals surface area contributed by atoms with E-state index in [2.05, 4.69) is 38.1 Å².